The third-order valence-corrected chi connectivity index (χ3v) is 3.31. The molecule has 0 aliphatic rings. The molecule has 0 aliphatic carbocycles. The normalized spacial score (nSPS) is 13.0. The molecule has 0 heterocycles. The van der Waals surface area contributed by atoms with E-state index in [-0.39, 0.29) is 12.3 Å². The Morgan fingerprint density at radius 2 is 1.74 bits per heavy atom. The van der Waals surface area contributed by atoms with Gasteiger partial charge in [0, 0.05) is 6.42 Å². The van der Waals surface area contributed by atoms with Gasteiger partial charge in [-0.2, -0.15) is 0 Å². The Morgan fingerprint density at radius 3 is 2.22 bits per heavy atom. The minimum absolute atomic E-state index is 0.158. The predicted octanol–water partition coefficient (Wildman–Crippen LogP) is 1.18. The number of nitrogens with one attached hydrogen (secondary N) is 2. The van der Waals surface area contributed by atoms with Crippen LogP contribution in [0.15, 0.2) is 30.3 Å². The molecule has 1 aromatic rings. The van der Waals surface area contributed by atoms with Gasteiger partial charge in [-0.3, -0.25) is 4.79 Å². The van der Waals surface area contributed by atoms with Crippen LogP contribution in [0.25, 0.3) is 0 Å². The summed E-state index contributed by atoms with van der Waals surface area (Å²) < 4.78 is 4.48. The number of carboxylic acid groups (broad SMARTS) is 1. The lowest BCUT2D eigenvalue weighted by Crippen LogP contribution is -2.54. The van der Waals surface area contributed by atoms with Gasteiger partial charge < -0.3 is 20.5 Å². The zero-order chi connectivity index (χ0) is 17.4. The van der Waals surface area contributed by atoms with Crippen LogP contribution >= 0.6 is 0 Å². The van der Waals surface area contributed by atoms with Crippen LogP contribution in [-0.4, -0.2) is 42.3 Å². The lowest BCUT2D eigenvalue weighted by Gasteiger charge is -2.23. The Bertz CT molecular complexity index is 545. The average Bonchev–Trinajstić information content (AvgIpc) is 2.52. The minimum atomic E-state index is -1.14. The van der Waals surface area contributed by atoms with Crippen LogP contribution in [0.1, 0.15) is 19.4 Å². The molecule has 1 rings (SSSR count). The number of hydrogen-bond donors (Lipinski definition) is 3. The van der Waals surface area contributed by atoms with Gasteiger partial charge in [-0.25, -0.2) is 9.59 Å². The van der Waals surface area contributed by atoms with Gasteiger partial charge in [0.15, 0.2) is 0 Å². The van der Waals surface area contributed by atoms with Crippen molar-refractivity contribution in [2.45, 2.75) is 32.4 Å². The largest absolute Gasteiger partial charge is 0.480 e. The molecule has 7 heteroatoms. The maximum atomic E-state index is 12.3. The van der Waals surface area contributed by atoms with E-state index in [1.165, 1.54) is 7.11 Å². The maximum Gasteiger partial charge on any atom is 0.407 e. The number of amides is 2. The summed E-state index contributed by atoms with van der Waals surface area (Å²) in [6.45, 7) is 3.49. The third kappa shape index (κ3) is 5.98. The zero-order valence-electron chi connectivity index (χ0n) is 13.4. The van der Waals surface area contributed by atoms with E-state index in [9.17, 15) is 19.5 Å². The van der Waals surface area contributed by atoms with Crippen molar-refractivity contribution in [1.82, 2.24) is 10.6 Å². The van der Waals surface area contributed by atoms with Crippen molar-refractivity contribution in [3.8, 4) is 0 Å². The summed E-state index contributed by atoms with van der Waals surface area (Å²) in [6.07, 6.45) is -0.584. The summed E-state index contributed by atoms with van der Waals surface area (Å²) in [5, 5.41) is 14.2. The molecule has 7 nitrogen and oxygen atoms in total. The second-order valence-corrected chi connectivity index (χ2v) is 5.45. The molecule has 0 aliphatic heterocycles. The quantitative estimate of drug-likeness (QED) is 0.699. The first-order valence-electron chi connectivity index (χ1n) is 7.26. The van der Waals surface area contributed by atoms with E-state index in [1.54, 1.807) is 38.1 Å². The number of benzene rings is 1. The first-order chi connectivity index (χ1) is 10.8. The summed E-state index contributed by atoms with van der Waals surface area (Å²) in [5.41, 5.74) is 0.794. The highest BCUT2D eigenvalue weighted by molar-refractivity contribution is 5.89. The number of ether oxygens (including phenoxy) is 1. The lowest BCUT2D eigenvalue weighted by molar-refractivity contribution is -0.142. The Hall–Kier alpha value is -2.57. The standard InChI is InChI=1S/C16H22N2O5/c1-10(2)13(18-16(22)23-3)14(19)17-12(15(20)21)9-11-7-5-4-6-8-11/h4-8,10,12-13H,9H2,1-3H3,(H,17,19)(H,18,22)(H,20,21). The number of carbonyl (C=O) groups excluding carboxylic acids is 2. The van der Waals surface area contributed by atoms with Crippen molar-refractivity contribution in [3.63, 3.8) is 0 Å². The molecule has 3 N–H and O–H groups in total. The Balaban J connectivity index is 2.79. The first-order valence-corrected chi connectivity index (χ1v) is 7.26. The number of carboxylic acids is 1. The molecule has 0 aromatic heterocycles. The smallest absolute Gasteiger partial charge is 0.407 e. The fourth-order valence-corrected chi connectivity index (χ4v) is 2.03. The molecule has 1 aromatic carbocycles. The van der Waals surface area contributed by atoms with E-state index in [1.807, 2.05) is 6.07 Å². The lowest BCUT2D eigenvalue weighted by atomic mass is 10.0. The van der Waals surface area contributed by atoms with Gasteiger partial charge in [0.05, 0.1) is 7.11 Å². The van der Waals surface area contributed by atoms with Gasteiger partial charge in [-0.1, -0.05) is 44.2 Å². The highest BCUT2D eigenvalue weighted by Crippen LogP contribution is 2.06. The number of alkyl carbamates (subject to hydrolysis) is 1. The van der Waals surface area contributed by atoms with Crippen molar-refractivity contribution in [2.24, 2.45) is 5.92 Å². The Labute approximate surface area is 135 Å². The number of hydrogen-bond acceptors (Lipinski definition) is 4. The van der Waals surface area contributed by atoms with Crippen LogP contribution in [0.5, 0.6) is 0 Å². The molecule has 2 atom stereocenters. The Morgan fingerprint density at radius 1 is 1.13 bits per heavy atom. The summed E-state index contributed by atoms with van der Waals surface area (Å²) in [5.74, 6) is -1.92. The van der Waals surface area contributed by atoms with Gasteiger partial charge >= 0.3 is 12.1 Å². The van der Waals surface area contributed by atoms with Crippen molar-refractivity contribution in [1.29, 1.82) is 0 Å². The van der Waals surface area contributed by atoms with Crippen molar-refractivity contribution < 1.29 is 24.2 Å². The van der Waals surface area contributed by atoms with Crippen molar-refractivity contribution in [2.75, 3.05) is 7.11 Å². The summed E-state index contributed by atoms with van der Waals surface area (Å²) in [4.78, 5) is 35.0. The molecule has 0 spiro atoms. The van der Waals surface area contributed by atoms with Gasteiger partial charge in [0.2, 0.25) is 5.91 Å². The molecule has 0 radical (unpaired) electrons. The van der Waals surface area contributed by atoms with E-state index in [0.29, 0.717) is 0 Å². The zero-order valence-corrected chi connectivity index (χ0v) is 13.4. The minimum Gasteiger partial charge on any atom is -0.480 e. The van der Waals surface area contributed by atoms with E-state index < -0.39 is 30.1 Å². The van der Waals surface area contributed by atoms with Crippen LogP contribution in [-0.2, 0) is 20.7 Å². The van der Waals surface area contributed by atoms with Crippen LogP contribution in [0.3, 0.4) is 0 Å². The van der Waals surface area contributed by atoms with Gasteiger partial charge in [0.25, 0.3) is 0 Å². The molecule has 0 bridgehead atoms. The first kappa shape index (κ1) is 18.5. The molecule has 0 saturated heterocycles. The number of aliphatic carboxylic acids is 1. The summed E-state index contributed by atoms with van der Waals surface area (Å²) >= 11 is 0. The topological polar surface area (TPSA) is 105 Å². The fraction of sp³-hybridized carbons (Fsp3) is 0.438. The van der Waals surface area contributed by atoms with Crippen molar-refractivity contribution in [3.05, 3.63) is 35.9 Å². The van der Waals surface area contributed by atoms with E-state index in [4.69, 9.17) is 0 Å². The second-order valence-electron chi connectivity index (χ2n) is 5.45. The molecular weight excluding hydrogens is 300 g/mol. The molecule has 2 unspecified atom stereocenters. The van der Waals surface area contributed by atoms with Crippen molar-refractivity contribution >= 4 is 18.0 Å². The summed E-state index contributed by atoms with van der Waals surface area (Å²) in [7, 11) is 1.19. The van der Waals surface area contributed by atoms with Crippen LogP contribution in [0.4, 0.5) is 4.79 Å². The summed E-state index contributed by atoms with van der Waals surface area (Å²) in [6, 6.07) is 7.04. The van der Waals surface area contributed by atoms with Crippen LogP contribution in [0.2, 0.25) is 0 Å². The number of carbonyl (C=O) groups is 3. The van der Waals surface area contributed by atoms with E-state index in [0.717, 1.165) is 5.56 Å². The molecular formula is C16H22N2O5. The van der Waals surface area contributed by atoms with E-state index in [2.05, 4.69) is 15.4 Å². The molecule has 2 amide bonds. The highest BCUT2D eigenvalue weighted by Gasteiger charge is 2.28. The van der Waals surface area contributed by atoms with Gasteiger partial charge in [-0.05, 0) is 11.5 Å². The number of methoxy groups -OCH3 is 1. The maximum absolute atomic E-state index is 12.3. The molecule has 126 valence electrons. The number of rotatable bonds is 7. The molecule has 0 saturated carbocycles. The van der Waals surface area contributed by atoms with Gasteiger partial charge in [0.1, 0.15) is 12.1 Å². The SMILES string of the molecule is COC(=O)NC(C(=O)NC(Cc1ccccc1)C(=O)O)C(C)C. The van der Waals surface area contributed by atoms with Crippen LogP contribution < -0.4 is 10.6 Å². The molecule has 0 fully saturated rings. The van der Waals surface area contributed by atoms with Crippen LogP contribution in [0, 0.1) is 5.92 Å². The van der Waals surface area contributed by atoms with Gasteiger partial charge in [-0.15, -0.1) is 0 Å². The molecule has 23 heavy (non-hydrogen) atoms. The third-order valence-electron chi connectivity index (χ3n) is 3.31. The van der Waals surface area contributed by atoms with E-state index >= 15 is 0 Å². The average molecular weight is 322 g/mol. The predicted molar refractivity (Wildman–Crippen MR) is 83.9 cm³/mol. The Kier molecular flexibility index (Phi) is 7.05. The monoisotopic (exact) mass is 322 g/mol. The second kappa shape index (κ2) is 8.77. The fourth-order valence-electron chi connectivity index (χ4n) is 2.03. The highest BCUT2D eigenvalue weighted by atomic mass is 16.5.